The average Bonchev–Trinajstić information content (AvgIpc) is 2.99. The summed E-state index contributed by atoms with van der Waals surface area (Å²) in [5.41, 5.74) is 6.03. The van der Waals surface area contributed by atoms with Crippen LogP contribution < -0.4 is 9.64 Å². The van der Waals surface area contributed by atoms with Gasteiger partial charge in [-0.1, -0.05) is 66.7 Å². The van der Waals surface area contributed by atoms with Crippen LogP contribution in [-0.2, 0) is 10.3 Å². The summed E-state index contributed by atoms with van der Waals surface area (Å²) in [5, 5.41) is 2.05. The Bertz CT molecular complexity index is 1530. The van der Waals surface area contributed by atoms with Crippen molar-refractivity contribution in [3.63, 3.8) is 0 Å². The van der Waals surface area contributed by atoms with Gasteiger partial charge in [-0.25, -0.2) is 4.79 Å². The zero-order valence-electron chi connectivity index (χ0n) is 22.3. The van der Waals surface area contributed by atoms with Crippen molar-refractivity contribution in [3.05, 3.63) is 113 Å². The fourth-order valence-electron chi connectivity index (χ4n) is 6.20. The van der Waals surface area contributed by atoms with Crippen LogP contribution >= 0.6 is 0 Å². The lowest BCUT2D eigenvalue weighted by Crippen LogP contribution is -2.39. The van der Waals surface area contributed by atoms with Crippen LogP contribution in [0, 0.1) is 0 Å². The first-order chi connectivity index (χ1) is 18.5. The van der Waals surface area contributed by atoms with Crippen molar-refractivity contribution in [2.75, 3.05) is 25.1 Å². The van der Waals surface area contributed by atoms with E-state index in [4.69, 9.17) is 9.47 Å². The zero-order chi connectivity index (χ0) is 26.3. The third-order valence-corrected chi connectivity index (χ3v) is 8.30. The Labute approximate surface area is 224 Å². The minimum absolute atomic E-state index is 0.401. The maximum Gasteiger partial charge on any atom is 0.341 e. The van der Waals surface area contributed by atoms with Gasteiger partial charge in [0.25, 0.3) is 0 Å². The molecule has 0 saturated carbocycles. The quantitative estimate of drug-likeness (QED) is 0.267. The minimum Gasteiger partial charge on any atom is -0.472 e. The number of fused-ring (bicyclic) bond motifs is 3. The first kappa shape index (κ1) is 24.3. The number of nitrogens with zero attached hydrogens (tertiary/aromatic N) is 1. The molecule has 0 bridgehead atoms. The van der Waals surface area contributed by atoms with Crippen LogP contribution in [0.3, 0.4) is 0 Å². The van der Waals surface area contributed by atoms with E-state index in [2.05, 4.69) is 61.2 Å². The molecular formula is C34H33NO3. The standard InChI is InChI=1S/C34H33NO3/c1-23-24(2)34(26-13-6-4-7-14-26,27-16-18-28(19-17-27)35-20-10-5-11-21-35)38-32-30(33(36)37-3)22-25-12-8-9-15-29(25)31(23)32/h4,6-9,12-19,22H,5,10-11,20-21H2,1-3H3. The number of carbonyl (C=O) groups excluding carboxylic acids is 1. The van der Waals surface area contributed by atoms with Crippen molar-refractivity contribution in [2.24, 2.45) is 0 Å². The van der Waals surface area contributed by atoms with Gasteiger partial charge < -0.3 is 14.4 Å². The van der Waals surface area contributed by atoms with Gasteiger partial charge >= 0.3 is 5.97 Å². The summed E-state index contributed by atoms with van der Waals surface area (Å²) in [6.45, 7) is 6.49. The molecule has 38 heavy (non-hydrogen) atoms. The Hall–Kier alpha value is -4.05. The highest BCUT2D eigenvalue weighted by Crippen LogP contribution is 2.52. The van der Waals surface area contributed by atoms with E-state index in [9.17, 15) is 4.79 Å². The van der Waals surface area contributed by atoms with Crippen LogP contribution in [0.1, 0.15) is 60.2 Å². The molecule has 1 saturated heterocycles. The number of methoxy groups -OCH3 is 1. The number of allylic oxidation sites excluding steroid dienone is 1. The van der Waals surface area contributed by atoms with Crippen molar-refractivity contribution < 1.29 is 14.3 Å². The summed E-state index contributed by atoms with van der Waals surface area (Å²) in [5.74, 6) is 0.171. The van der Waals surface area contributed by atoms with Crippen LogP contribution in [0.4, 0.5) is 5.69 Å². The number of hydrogen-bond donors (Lipinski definition) is 0. The number of hydrogen-bond acceptors (Lipinski definition) is 4. The predicted octanol–water partition coefficient (Wildman–Crippen LogP) is 7.75. The lowest BCUT2D eigenvalue weighted by molar-refractivity contribution is 0.0587. The van der Waals surface area contributed by atoms with Crippen LogP contribution in [0.15, 0.2) is 90.5 Å². The second-order valence-corrected chi connectivity index (χ2v) is 10.3. The Morgan fingerprint density at radius 3 is 2.21 bits per heavy atom. The number of anilines is 1. The second-order valence-electron chi connectivity index (χ2n) is 10.3. The highest BCUT2D eigenvalue weighted by atomic mass is 16.5. The zero-order valence-corrected chi connectivity index (χ0v) is 22.3. The van der Waals surface area contributed by atoms with Gasteiger partial charge in [-0.05, 0) is 73.2 Å². The molecule has 192 valence electrons. The molecule has 0 spiro atoms. The molecule has 4 aromatic carbocycles. The molecule has 0 radical (unpaired) electrons. The number of rotatable bonds is 4. The maximum atomic E-state index is 13.1. The van der Waals surface area contributed by atoms with E-state index in [1.54, 1.807) is 0 Å². The molecule has 4 aromatic rings. The normalized spacial score (nSPS) is 19.2. The summed E-state index contributed by atoms with van der Waals surface area (Å²) in [6, 6.07) is 29.2. The Balaban J connectivity index is 1.60. The molecule has 1 atom stereocenters. The van der Waals surface area contributed by atoms with Gasteiger partial charge in [0.2, 0.25) is 0 Å². The van der Waals surface area contributed by atoms with Gasteiger partial charge in [0.1, 0.15) is 11.3 Å². The van der Waals surface area contributed by atoms with Crippen molar-refractivity contribution in [1.29, 1.82) is 0 Å². The highest BCUT2D eigenvalue weighted by molar-refractivity contribution is 6.06. The molecule has 2 heterocycles. The smallest absolute Gasteiger partial charge is 0.341 e. The molecule has 0 aliphatic carbocycles. The highest BCUT2D eigenvalue weighted by Gasteiger charge is 2.45. The molecule has 0 aromatic heterocycles. The van der Waals surface area contributed by atoms with E-state index in [1.165, 1.54) is 32.1 Å². The van der Waals surface area contributed by atoms with Crippen LogP contribution in [-0.4, -0.2) is 26.2 Å². The van der Waals surface area contributed by atoms with E-state index in [1.807, 2.05) is 42.5 Å². The van der Waals surface area contributed by atoms with Crippen molar-refractivity contribution in [2.45, 2.75) is 38.7 Å². The monoisotopic (exact) mass is 503 g/mol. The summed E-state index contributed by atoms with van der Waals surface area (Å²) in [7, 11) is 1.42. The SMILES string of the molecule is COC(=O)c1cc2ccccc2c2c1OC(c1ccccc1)(c1ccc(N3CCCCC3)cc1)C(C)=C2C. The maximum absolute atomic E-state index is 13.1. The van der Waals surface area contributed by atoms with Crippen molar-refractivity contribution >= 4 is 28.0 Å². The van der Waals surface area contributed by atoms with Crippen LogP contribution in [0.25, 0.3) is 16.3 Å². The topological polar surface area (TPSA) is 38.8 Å². The van der Waals surface area contributed by atoms with Gasteiger partial charge in [-0.15, -0.1) is 0 Å². The summed E-state index contributed by atoms with van der Waals surface area (Å²) in [4.78, 5) is 15.6. The predicted molar refractivity (Wildman–Crippen MR) is 154 cm³/mol. The summed E-state index contributed by atoms with van der Waals surface area (Å²) in [6.07, 6.45) is 3.78. The Morgan fingerprint density at radius 2 is 1.50 bits per heavy atom. The molecule has 0 N–H and O–H groups in total. The summed E-state index contributed by atoms with van der Waals surface area (Å²) >= 11 is 0. The number of ether oxygens (including phenoxy) is 2. The van der Waals surface area contributed by atoms with E-state index in [-0.39, 0.29) is 0 Å². The molecule has 1 fully saturated rings. The molecule has 0 amide bonds. The Kier molecular flexibility index (Phi) is 6.19. The molecule has 2 aliphatic rings. The van der Waals surface area contributed by atoms with Gasteiger partial charge in [0, 0.05) is 35.5 Å². The second kappa shape index (κ2) is 9.68. The third-order valence-electron chi connectivity index (χ3n) is 8.30. The number of piperidine rings is 1. The molecular weight excluding hydrogens is 470 g/mol. The fourth-order valence-corrected chi connectivity index (χ4v) is 6.20. The minimum atomic E-state index is -0.885. The van der Waals surface area contributed by atoms with Gasteiger partial charge in [0.15, 0.2) is 5.60 Å². The van der Waals surface area contributed by atoms with Crippen LogP contribution in [0.5, 0.6) is 5.75 Å². The number of benzene rings is 4. The van der Waals surface area contributed by atoms with E-state index >= 15 is 0 Å². The van der Waals surface area contributed by atoms with Crippen molar-refractivity contribution in [1.82, 2.24) is 0 Å². The van der Waals surface area contributed by atoms with Gasteiger partial charge in [0.05, 0.1) is 7.11 Å². The molecule has 1 unspecified atom stereocenters. The molecule has 4 heteroatoms. The number of esters is 1. The van der Waals surface area contributed by atoms with Gasteiger partial charge in [-0.3, -0.25) is 0 Å². The number of carbonyl (C=O) groups is 1. The molecule has 6 rings (SSSR count). The van der Waals surface area contributed by atoms with Gasteiger partial charge in [-0.2, -0.15) is 0 Å². The molecule has 4 nitrogen and oxygen atoms in total. The lowest BCUT2D eigenvalue weighted by Gasteiger charge is -2.42. The lowest BCUT2D eigenvalue weighted by atomic mass is 9.75. The summed E-state index contributed by atoms with van der Waals surface area (Å²) < 4.78 is 12.4. The average molecular weight is 504 g/mol. The third kappa shape index (κ3) is 3.78. The van der Waals surface area contributed by atoms with E-state index < -0.39 is 11.6 Å². The first-order valence-electron chi connectivity index (χ1n) is 13.5. The van der Waals surface area contributed by atoms with Crippen LogP contribution in [0.2, 0.25) is 0 Å². The Morgan fingerprint density at radius 1 is 0.842 bits per heavy atom. The van der Waals surface area contributed by atoms with E-state index in [0.717, 1.165) is 51.7 Å². The first-order valence-corrected chi connectivity index (χ1v) is 13.5. The molecule has 2 aliphatic heterocycles. The fraction of sp³-hybridized carbons (Fsp3) is 0.265. The van der Waals surface area contributed by atoms with E-state index in [0.29, 0.717) is 11.3 Å². The van der Waals surface area contributed by atoms with Crippen molar-refractivity contribution in [3.8, 4) is 5.75 Å². The largest absolute Gasteiger partial charge is 0.472 e.